The molecule has 1 amide bonds. The molecule has 1 aliphatic heterocycles. The van der Waals surface area contributed by atoms with Crippen LogP contribution in [0.1, 0.15) is 28.7 Å². The van der Waals surface area contributed by atoms with Gasteiger partial charge in [0.2, 0.25) is 0 Å². The Morgan fingerprint density at radius 2 is 1.66 bits per heavy atom. The number of carbonyl (C=O) groups excluding carboxylic acids is 1. The molecule has 7 nitrogen and oxygen atoms in total. The molecule has 3 aromatic rings. The largest absolute Gasteiger partial charge is 0.479 e. The lowest BCUT2D eigenvalue weighted by molar-refractivity contribution is -0.139. The molecule has 0 saturated carbocycles. The minimum atomic E-state index is -1.25. The van der Waals surface area contributed by atoms with E-state index in [-0.39, 0.29) is 12.5 Å². The number of alkyl carbamates (subject to hydrolysis) is 1. The van der Waals surface area contributed by atoms with E-state index >= 15 is 0 Å². The lowest BCUT2D eigenvalue weighted by Crippen LogP contribution is -2.39. The average Bonchev–Trinajstić information content (AvgIpc) is 3.20. The van der Waals surface area contributed by atoms with Gasteiger partial charge in [-0.15, -0.1) is 0 Å². The minimum Gasteiger partial charge on any atom is -0.479 e. The lowest BCUT2D eigenvalue weighted by atomic mass is 9.98. The summed E-state index contributed by atoms with van der Waals surface area (Å²) in [4.78, 5) is 27.1. The molecule has 1 atom stereocenters. The van der Waals surface area contributed by atoms with Crippen molar-refractivity contribution >= 4 is 33.7 Å². The maximum absolute atomic E-state index is 12.8. The first-order valence-corrected chi connectivity index (χ1v) is 12.3. The highest BCUT2D eigenvalue weighted by molar-refractivity contribution is 9.10. The zero-order valence-electron chi connectivity index (χ0n) is 18.9. The van der Waals surface area contributed by atoms with Crippen molar-refractivity contribution in [1.29, 1.82) is 0 Å². The Balaban J connectivity index is 1.34. The molecule has 2 N–H and O–H groups in total. The van der Waals surface area contributed by atoms with E-state index < -0.39 is 18.1 Å². The lowest BCUT2D eigenvalue weighted by Gasteiger charge is -2.32. The van der Waals surface area contributed by atoms with Crippen LogP contribution in [-0.4, -0.2) is 50.1 Å². The van der Waals surface area contributed by atoms with Crippen LogP contribution in [0.15, 0.2) is 71.2 Å². The Morgan fingerprint density at radius 1 is 1.03 bits per heavy atom. The van der Waals surface area contributed by atoms with E-state index in [0.29, 0.717) is 31.9 Å². The van der Waals surface area contributed by atoms with Crippen molar-refractivity contribution in [2.24, 2.45) is 0 Å². The van der Waals surface area contributed by atoms with Crippen molar-refractivity contribution in [2.45, 2.75) is 12.0 Å². The molecule has 0 radical (unpaired) electrons. The first-order chi connectivity index (χ1) is 17.0. The first-order valence-electron chi connectivity index (χ1n) is 11.5. The maximum atomic E-state index is 12.8. The molecule has 3 aromatic carbocycles. The number of carboxylic acid groups (broad SMARTS) is 1. The molecule has 2 aliphatic rings. The number of morpholine rings is 1. The fourth-order valence-electron chi connectivity index (χ4n) is 4.87. The number of halogens is 1. The van der Waals surface area contributed by atoms with Crippen LogP contribution in [0.25, 0.3) is 11.1 Å². The maximum Gasteiger partial charge on any atom is 0.408 e. The molecule has 8 heteroatoms. The number of nitrogens with zero attached hydrogens (tertiary/aromatic N) is 1. The summed E-state index contributed by atoms with van der Waals surface area (Å²) in [6.45, 7) is 2.51. The van der Waals surface area contributed by atoms with Crippen LogP contribution >= 0.6 is 15.9 Å². The van der Waals surface area contributed by atoms with Gasteiger partial charge in [-0.1, -0.05) is 70.5 Å². The van der Waals surface area contributed by atoms with Crippen molar-refractivity contribution < 1.29 is 24.2 Å². The van der Waals surface area contributed by atoms with Gasteiger partial charge in [0.15, 0.2) is 6.04 Å². The van der Waals surface area contributed by atoms with Crippen LogP contribution in [0.4, 0.5) is 10.5 Å². The highest BCUT2D eigenvalue weighted by Crippen LogP contribution is 2.44. The zero-order chi connectivity index (χ0) is 24.4. The molecule has 180 valence electrons. The molecule has 5 rings (SSSR count). The number of hydrogen-bond donors (Lipinski definition) is 2. The fraction of sp³-hybridized carbons (Fsp3) is 0.259. The Labute approximate surface area is 211 Å². The molecule has 0 spiro atoms. The van der Waals surface area contributed by atoms with Gasteiger partial charge in [0.1, 0.15) is 6.61 Å². The normalized spacial score (nSPS) is 15.7. The third-order valence-electron chi connectivity index (χ3n) is 6.51. The minimum absolute atomic E-state index is 0.104. The summed E-state index contributed by atoms with van der Waals surface area (Å²) in [7, 11) is 0. The number of fused-ring (bicyclic) bond motifs is 3. The molecule has 1 unspecified atom stereocenters. The Morgan fingerprint density at radius 3 is 2.29 bits per heavy atom. The number of ether oxygens (including phenoxy) is 2. The van der Waals surface area contributed by atoms with Gasteiger partial charge >= 0.3 is 12.1 Å². The summed E-state index contributed by atoms with van der Waals surface area (Å²) in [5, 5.41) is 12.6. The van der Waals surface area contributed by atoms with Crippen LogP contribution in [0.5, 0.6) is 0 Å². The average molecular weight is 537 g/mol. The first kappa shape index (κ1) is 23.4. The predicted molar refractivity (Wildman–Crippen MR) is 136 cm³/mol. The van der Waals surface area contributed by atoms with Gasteiger partial charge in [0.25, 0.3) is 0 Å². The van der Waals surface area contributed by atoms with E-state index in [1.54, 1.807) is 12.1 Å². The Kier molecular flexibility index (Phi) is 6.74. The van der Waals surface area contributed by atoms with Crippen molar-refractivity contribution in [3.63, 3.8) is 0 Å². The highest BCUT2D eigenvalue weighted by Gasteiger charge is 2.31. The third-order valence-corrected chi connectivity index (χ3v) is 7.00. The van der Waals surface area contributed by atoms with Gasteiger partial charge in [0.05, 0.1) is 13.2 Å². The number of hydrogen-bond acceptors (Lipinski definition) is 5. The van der Waals surface area contributed by atoms with Gasteiger partial charge in [-0.2, -0.15) is 0 Å². The van der Waals surface area contributed by atoms with Gasteiger partial charge in [0, 0.05) is 34.7 Å². The predicted octanol–water partition coefficient (Wildman–Crippen LogP) is 4.95. The van der Waals surface area contributed by atoms with Crippen LogP contribution in [0, 0.1) is 0 Å². The molecular weight excluding hydrogens is 512 g/mol. The fourth-order valence-corrected chi connectivity index (χ4v) is 5.22. The molecular formula is C27H25BrN2O5. The molecule has 1 heterocycles. The molecule has 1 aliphatic carbocycles. The van der Waals surface area contributed by atoms with E-state index in [9.17, 15) is 14.7 Å². The van der Waals surface area contributed by atoms with Gasteiger partial charge in [-0.05, 0) is 34.4 Å². The summed E-state index contributed by atoms with van der Waals surface area (Å²) < 4.78 is 11.9. The number of rotatable bonds is 6. The third kappa shape index (κ3) is 4.76. The van der Waals surface area contributed by atoms with Crippen LogP contribution in [-0.2, 0) is 14.3 Å². The van der Waals surface area contributed by atoms with E-state index in [4.69, 9.17) is 9.47 Å². The number of nitrogens with one attached hydrogen (secondary N) is 1. The van der Waals surface area contributed by atoms with Crippen molar-refractivity contribution in [3.8, 4) is 11.1 Å². The van der Waals surface area contributed by atoms with Gasteiger partial charge < -0.3 is 24.8 Å². The molecule has 0 aromatic heterocycles. The monoisotopic (exact) mass is 536 g/mol. The van der Waals surface area contributed by atoms with E-state index in [1.807, 2.05) is 42.5 Å². The van der Waals surface area contributed by atoms with Crippen LogP contribution in [0.3, 0.4) is 0 Å². The number of benzene rings is 3. The second kappa shape index (κ2) is 10.1. The quantitative estimate of drug-likeness (QED) is 0.463. The number of carbonyl (C=O) groups is 2. The summed E-state index contributed by atoms with van der Waals surface area (Å²) in [5.41, 5.74) is 5.69. The number of aliphatic carboxylic acids is 1. The van der Waals surface area contributed by atoms with Crippen LogP contribution in [0.2, 0.25) is 0 Å². The van der Waals surface area contributed by atoms with Gasteiger partial charge in [-0.25, -0.2) is 9.59 Å². The van der Waals surface area contributed by atoms with Crippen LogP contribution < -0.4 is 10.2 Å². The van der Waals surface area contributed by atoms with Crippen molar-refractivity contribution in [3.05, 3.63) is 87.9 Å². The SMILES string of the molecule is O=C(NC(C(=O)O)c1ccc(Br)cc1N1CCOCC1)OCC1c2ccccc2-c2ccccc21. The summed E-state index contributed by atoms with van der Waals surface area (Å²) >= 11 is 3.47. The second-order valence-electron chi connectivity index (χ2n) is 8.54. The van der Waals surface area contributed by atoms with Gasteiger partial charge in [-0.3, -0.25) is 0 Å². The Hall–Kier alpha value is -3.36. The van der Waals surface area contributed by atoms with E-state index in [0.717, 1.165) is 32.4 Å². The number of anilines is 1. The van der Waals surface area contributed by atoms with Crippen molar-refractivity contribution in [2.75, 3.05) is 37.8 Å². The molecule has 35 heavy (non-hydrogen) atoms. The summed E-state index contributed by atoms with van der Waals surface area (Å²) in [6, 6.07) is 20.2. The Bertz CT molecular complexity index is 1210. The zero-order valence-corrected chi connectivity index (χ0v) is 20.5. The molecule has 1 fully saturated rings. The smallest absolute Gasteiger partial charge is 0.408 e. The topological polar surface area (TPSA) is 88.1 Å². The van der Waals surface area contributed by atoms with Crippen molar-refractivity contribution in [1.82, 2.24) is 5.32 Å². The standard InChI is InChI=1S/C27H25BrN2O5/c28-17-9-10-22(24(15-17)30-11-13-34-14-12-30)25(26(31)32)29-27(33)35-16-23-20-7-3-1-5-18(20)19-6-2-4-8-21(19)23/h1-10,15,23,25H,11-14,16H2,(H,29,33)(H,31,32). The molecule has 0 bridgehead atoms. The number of carboxylic acids is 1. The molecule has 1 saturated heterocycles. The second-order valence-corrected chi connectivity index (χ2v) is 9.46. The van der Waals surface area contributed by atoms with E-state index in [1.165, 1.54) is 0 Å². The summed E-state index contributed by atoms with van der Waals surface area (Å²) in [6.07, 6.45) is -0.768. The summed E-state index contributed by atoms with van der Waals surface area (Å²) in [5.74, 6) is -1.26. The highest BCUT2D eigenvalue weighted by atomic mass is 79.9. The number of amides is 1. The van der Waals surface area contributed by atoms with E-state index in [2.05, 4.69) is 38.3 Å².